The van der Waals surface area contributed by atoms with Gasteiger partial charge in [0.1, 0.15) is 5.82 Å². The van der Waals surface area contributed by atoms with Crippen LogP contribution in [0.2, 0.25) is 0 Å². The Morgan fingerprint density at radius 1 is 1.22 bits per heavy atom. The van der Waals surface area contributed by atoms with Crippen LogP contribution >= 0.6 is 0 Å². The van der Waals surface area contributed by atoms with Gasteiger partial charge >= 0.3 is 0 Å². The number of likely N-dealkylation sites (tertiary alicyclic amines) is 1. The number of hydrogen-bond acceptors (Lipinski definition) is 3. The second-order valence-corrected chi connectivity index (χ2v) is 6.09. The third-order valence-electron chi connectivity index (χ3n) is 4.39. The van der Waals surface area contributed by atoms with Crippen molar-refractivity contribution in [2.24, 2.45) is 5.92 Å². The quantitative estimate of drug-likeness (QED) is 0.812. The van der Waals surface area contributed by atoms with Gasteiger partial charge in [0.25, 0.3) is 0 Å². The van der Waals surface area contributed by atoms with E-state index >= 15 is 0 Å². The number of hydrogen-bond donors (Lipinski definition) is 0. The molecule has 1 atom stereocenters. The maximum Gasteiger partial charge on any atom is 0.128 e. The minimum absolute atomic E-state index is 0.132. The summed E-state index contributed by atoms with van der Waals surface area (Å²) in [6.07, 6.45) is 4.59. The smallest absolute Gasteiger partial charge is 0.128 e. The molecule has 1 aromatic carbocycles. The molecule has 0 amide bonds. The van der Waals surface area contributed by atoms with Gasteiger partial charge < -0.3 is 4.74 Å². The molecule has 23 heavy (non-hydrogen) atoms. The molecule has 1 aromatic heterocycles. The molecular weight excluding hydrogens is 291 g/mol. The molecule has 0 saturated carbocycles. The van der Waals surface area contributed by atoms with Crippen molar-refractivity contribution in [2.45, 2.75) is 19.9 Å². The van der Waals surface area contributed by atoms with Crippen LogP contribution in [0.4, 0.5) is 4.39 Å². The van der Waals surface area contributed by atoms with Gasteiger partial charge in [0.2, 0.25) is 0 Å². The van der Waals surface area contributed by atoms with E-state index in [2.05, 4.69) is 9.88 Å². The predicted octanol–water partition coefficient (Wildman–Crippen LogP) is 3.75. The normalized spacial score (nSPS) is 18.4. The Morgan fingerprint density at radius 2 is 2.04 bits per heavy atom. The highest BCUT2D eigenvalue weighted by Crippen LogP contribution is 2.24. The average Bonchev–Trinajstić information content (AvgIpc) is 3.03. The third-order valence-corrected chi connectivity index (χ3v) is 4.39. The molecule has 3 nitrogen and oxygen atoms in total. The lowest BCUT2D eigenvalue weighted by Crippen LogP contribution is -2.22. The molecule has 1 unspecified atom stereocenters. The van der Waals surface area contributed by atoms with Gasteiger partial charge in [-0.2, -0.15) is 0 Å². The third kappa shape index (κ3) is 4.15. The Morgan fingerprint density at radius 3 is 2.78 bits per heavy atom. The molecule has 0 bridgehead atoms. The van der Waals surface area contributed by atoms with Crippen molar-refractivity contribution in [3.63, 3.8) is 0 Å². The molecule has 1 aliphatic heterocycles. The number of ether oxygens (including phenoxy) is 1. The van der Waals surface area contributed by atoms with Gasteiger partial charge in [-0.3, -0.25) is 9.88 Å². The maximum atomic E-state index is 14.4. The number of rotatable bonds is 6. The van der Waals surface area contributed by atoms with Gasteiger partial charge in [0.05, 0.1) is 6.61 Å². The van der Waals surface area contributed by atoms with Crippen molar-refractivity contribution in [3.8, 4) is 11.1 Å². The highest BCUT2D eigenvalue weighted by atomic mass is 19.1. The predicted molar refractivity (Wildman–Crippen MR) is 89.5 cm³/mol. The Labute approximate surface area is 137 Å². The summed E-state index contributed by atoms with van der Waals surface area (Å²) >= 11 is 0. The zero-order valence-corrected chi connectivity index (χ0v) is 13.5. The zero-order chi connectivity index (χ0) is 16.1. The molecule has 0 N–H and O–H groups in total. The van der Waals surface area contributed by atoms with Crippen LogP contribution in [0.15, 0.2) is 42.7 Å². The van der Waals surface area contributed by atoms with E-state index in [4.69, 9.17) is 4.74 Å². The molecule has 122 valence electrons. The standard InChI is InChI=1S/C19H23FN2O/c1-2-23-14-15-7-10-22(12-15)13-18-4-3-17(11-19(18)20)16-5-8-21-9-6-16/h3-6,8-9,11,15H,2,7,10,12-14H2,1H3. The van der Waals surface area contributed by atoms with E-state index < -0.39 is 0 Å². The summed E-state index contributed by atoms with van der Waals surface area (Å²) < 4.78 is 19.9. The number of pyridine rings is 1. The minimum Gasteiger partial charge on any atom is -0.381 e. The van der Waals surface area contributed by atoms with Gasteiger partial charge in [-0.05, 0) is 55.1 Å². The topological polar surface area (TPSA) is 25.4 Å². The molecule has 2 heterocycles. The Bertz CT molecular complexity index is 633. The molecule has 1 saturated heterocycles. The van der Waals surface area contributed by atoms with E-state index in [1.54, 1.807) is 18.5 Å². The molecule has 0 spiro atoms. The fourth-order valence-electron chi connectivity index (χ4n) is 3.12. The number of aromatic nitrogens is 1. The Kier molecular flexibility index (Phi) is 5.36. The lowest BCUT2D eigenvalue weighted by atomic mass is 10.0. The first kappa shape index (κ1) is 16.1. The lowest BCUT2D eigenvalue weighted by Gasteiger charge is -2.17. The van der Waals surface area contributed by atoms with Crippen LogP contribution in [0.25, 0.3) is 11.1 Å². The van der Waals surface area contributed by atoms with Crippen LogP contribution in [0.3, 0.4) is 0 Å². The van der Waals surface area contributed by atoms with Gasteiger partial charge in [0, 0.05) is 37.7 Å². The number of halogens is 1. The van der Waals surface area contributed by atoms with E-state index in [-0.39, 0.29) is 5.82 Å². The van der Waals surface area contributed by atoms with Crippen LogP contribution in [0.1, 0.15) is 18.9 Å². The summed E-state index contributed by atoms with van der Waals surface area (Å²) in [4.78, 5) is 6.31. The lowest BCUT2D eigenvalue weighted by molar-refractivity contribution is 0.111. The first-order valence-corrected chi connectivity index (χ1v) is 8.25. The first-order chi connectivity index (χ1) is 11.3. The summed E-state index contributed by atoms with van der Waals surface area (Å²) in [6.45, 7) is 6.28. The van der Waals surface area contributed by atoms with Crippen LogP contribution < -0.4 is 0 Å². The highest BCUT2D eigenvalue weighted by Gasteiger charge is 2.23. The van der Waals surface area contributed by atoms with E-state index in [0.717, 1.165) is 49.4 Å². The molecular formula is C19H23FN2O. The van der Waals surface area contributed by atoms with Crippen molar-refractivity contribution in [2.75, 3.05) is 26.3 Å². The maximum absolute atomic E-state index is 14.4. The van der Waals surface area contributed by atoms with E-state index in [9.17, 15) is 4.39 Å². The van der Waals surface area contributed by atoms with Gasteiger partial charge in [-0.25, -0.2) is 4.39 Å². The van der Waals surface area contributed by atoms with Crippen molar-refractivity contribution in [1.29, 1.82) is 0 Å². The Hall–Kier alpha value is -1.78. The summed E-state index contributed by atoms with van der Waals surface area (Å²) in [5, 5.41) is 0. The zero-order valence-electron chi connectivity index (χ0n) is 13.5. The number of nitrogens with zero attached hydrogens (tertiary/aromatic N) is 2. The van der Waals surface area contributed by atoms with Gasteiger partial charge in [0.15, 0.2) is 0 Å². The molecule has 4 heteroatoms. The second kappa shape index (κ2) is 7.66. The molecule has 1 fully saturated rings. The van der Waals surface area contributed by atoms with Crippen LogP contribution in [-0.4, -0.2) is 36.2 Å². The van der Waals surface area contributed by atoms with Crippen LogP contribution in [-0.2, 0) is 11.3 Å². The van der Waals surface area contributed by atoms with Crippen molar-refractivity contribution < 1.29 is 9.13 Å². The van der Waals surface area contributed by atoms with E-state index in [1.165, 1.54) is 0 Å². The van der Waals surface area contributed by atoms with Crippen molar-refractivity contribution in [3.05, 3.63) is 54.1 Å². The van der Waals surface area contributed by atoms with Crippen molar-refractivity contribution >= 4 is 0 Å². The summed E-state index contributed by atoms with van der Waals surface area (Å²) in [5.74, 6) is 0.446. The second-order valence-electron chi connectivity index (χ2n) is 6.09. The largest absolute Gasteiger partial charge is 0.381 e. The first-order valence-electron chi connectivity index (χ1n) is 8.25. The monoisotopic (exact) mass is 314 g/mol. The molecule has 0 aliphatic carbocycles. The number of benzene rings is 1. The van der Waals surface area contributed by atoms with E-state index in [1.807, 2.05) is 31.2 Å². The SMILES string of the molecule is CCOCC1CCN(Cc2ccc(-c3ccncc3)cc2F)C1. The fourth-order valence-corrected chi connectivity index (χ4v) is 3.12. The molecule has 1 aliphatic rings. The van der Waals surface area contributed by atoms with Gasteiger partial charge in [-0.1, -0.05) is 12.1 Å². The fraction of sp³-hybridized carbons (Fsp3) is 0.421. The van der Waals surface area contributed by atoms with Crippen LogP contribution in [0.5, 0.6) is 0 Å². The highest BCUT2D eigenvalue weighted by molar-refractivity contribution is 5.63. The van der Waals surface area contributed by atoms with E-state index in [0.29, 0.717) is 12.5 Å². The summed E-state index contributed by atoms with van der Waals surface area (Å²) in [7, 11) is 0. The van der Waals surface area contributed by atoms with Gasteiger partial charge in [-0.15, -0.1) is 0 Å². The Balaban J connectivity index is 1.63. The molecule has 2 aromatic rings. The van der Waals surface area contributed by atoms with Crippen molar-refractivity contribution in [1.82, 2.24) is 9.88 Å². The van der Waals surface area contributed by atoms with Crippen LogP contribution in [0, 0.1) is 11.7 Å². The summed E-state index contributed by atoms with van der Waals surface area (Å²) in [5.41, 5.74) is 2.65. The minimum atomic E-state index is -0.132. The summed E-state index contributed by atoms with van der Waals surface area (Å²) in [6, 6.07) is 9.31. The molecule has 3 rings (SSSR count). The average molecular weight is 314 g/mol. The molecule has 0 radical (unpaired) electrons.